The Bertz CT molecular complexity index is 132. The molecule has 0 aromatic carbocycles. The highest BCUT2D eigenvalue weighted by atomic mass is 14.6. The van der Waals surface area contributed by atoms with Crippen molar-refractivity contribution in [2.45, 2.75) is 58.9 Å². The number of hydrogen-bond acceptors (Lipinski definition) is 0. The van der Waals surface area contributed by atoms with Crippen molar-refractivity contribution in [1.82, 2.24) is 0 Å². The maximum Gasteiger partial charge on any atom is 0.0843 e. The lowest BCUT2D eigenvalue weighted by molar-refractivity contribution is -0.427. The second-order valence-electron chi connectivity index (χ2n) is 5.06. The van der Waals surface area contributed by atoms with E-state index in [-0.39, 0.29) is 0 Å². The Morgan fingerprint density at radius 3 is 2.08 bits per heavy atom. The van der Waals surface area contributed by atoms with Crippen molar-refractivity contribution in [3.05, 3.63) is 0 Å². The van der Waals surface area contributed by atoms with Crippen LogP contribution < -0.4 is 5.73 Å². The van der Waals surface area contributed by atoms with Gasteiger partial charge in [-0.15, -0.1) is 0 Å². The molecule has 0 aliphatic heterocycles. The van der Waals surface area contributed by atoms with Crippen molar-refractivity contribution in [3.63, 3.8) is 0 Å². The second-order valence-corrected chi connectivity index (χ2v) is 5.06. The minimum atomic E-state index is 0.570. The zero-order chi connectivity index (χ0) is 9.19. The molecule has 3 N–H and O–H groups in total. The Morgan fingerprint density at radius 1 is 1.17 bits per heavy atom. The molecule has 1 rings (SSSR count). The fourth-order valence-corrected chi connectivity index (χ4v) is 2.23. The highest BCUT2D eigenvalue weighted by Gasteiger charge is 2.31. The minimum absolute atomic E-state index is 0.570. The number of quaternary nitrogens is 1. The van der Waals surface area contributed by atoms with E-state index in [4.69, 9.17) is 0 Å². The van der Waals surface area contributed by atoms with Gasteiger partial charge in [-0.1, -0.05) is 27.2 Å². The predicted octanol–water partition coefficient (Wildman–Crippen LogP) is 2.22. The molecule has 0 aromatic rings. The summed E-state index contributed by atoms with van der Waals surface area (Å²) in [7, 11) is 0. The first-order chi connectivity index (χ1) is 5.56. The molecule has 1 aliphatic carbocycles. The van der Waals surface area contributed by atoms with Crippen molar-refractivity contribution in [2.75, 3.05) is 0 Å². The van der Waals surface area contributed by atoms with Crippen LogP contribution in [0, 0.1) is 11.3 Å². The van der Waals surface area contributed by atoms with Gasteiger partial charge in [-0.2, -0.15) is 0 Å². The minimum Gasteiger partial charge on any atom is -0.355 e. The van der Waals surface area contributed by atoms with E-state index in [0.717, 1.165) is 12.0 Å². The summed E-state index contributed by atoms with van der Waals surface area (Å²) in [4.78, 5) is 0. The van der Waals surface area contributed by atoms with Crippen LogP contribution in [0.15, 0.2) is 0 Å². The Hall–Kier alpha value is -0.0400. The summed E-state index contributed by atoms with van der Waals surface area (Å²) in [5, 5.41) is 0. The van der Waals surface area contributed by atoms with Crippen LogP contribution in [-0.2, 0) is 0 Å². The summed E-state index contributed by atoms with van der Waals surface area (Å²) in [6.45, 7) is 7.15. The van der Waals surface area contributed by atoms with Crippen LogP contribution in [0.4, 0.5) is 0 Å². The van der Waals surface area contributed by atoms with Crippen molar-refractivity contribution in [2.24, 2.45) is 11.3 Å². The lowest BCUT2D eigenvalue weighted by Crippen LogP contribution is -2.62. The SMILES string of the molecule is CCC(C)(C)C1CCC([NH3+])CC1. The van der Waals surface area contributed by atoms with Gasteiger partial charge in [0, 0.05) is 0 Å². The summed E-state index contributed by atoms with van der Waals surface area (Å²) in [5.74, 6) is 0.959. The summed E-state index contributed by atoms with van der Waals surface area (Å²) >= 11 is 0. The molecule has 12 heavy (non-hydrogen) atoms. The molecule has 0 atom stereocenters. The van der Waals surface area contributed by atoms with Crippen LogP contribution in [0.5, 0.6) is 0 Å². The predicted molar refractivity (Wildman–Crippen MR) is 52.7 cm³/mol. The summed E-state index contributed by atoms with van der Waals surface area (Å²) in [6.07, 6.45) is 6.85. The van der Waals surface area contributed by atoms with E-state index in [1.165, 1.54) is 32.1 Å². The molecule has 0 saturated heterocycles. The molecule has 72 valence electrons. The highest BCUT2D eigenvalue weighted by molar-refractivity contribution is 4.81. The smallest absolute Gasteiger partial charge is 0.0843 e. The zero-order valence-electron chi connectivity index (χ0n) is 8.90. The van der Waals surface area contributed by atoms with Crippen LogP contribution in [0.2, 0.25) is 0 Å². The van der Waals surface area contributed by atoms with Gasteiger partial charge in [0.25, 0.3) is 0 Å². The lowest BCUT2D eigenvalue weighted by Gasteiger charge is -2.37. The summed E-state index contributed by atoms with van der Waals surface area (Å²) in [5.41, 5.74) is 4.71. The zero-order valence-corrected chi connectivity index (χ0v) is 8.90. The van der Waals surface area contributed by atoms with Crippen molar-refractivity contribution < 1.29 is 5.73 Å². The normalized spacial score (nSPS) is 32.0. The average Bonchev–Trinajstić information content (AvgIpc) is 2.05. The maximum atomic E-state index is 4.14. The van der Waals surface area contributed by atoms with E-state index >= 15 is 0 Å². The lowest BCUT2D eigenvalue weighted by atomic mass is 9.69. The fraction of sp³-hybridized carbons (Fsp3) is 1.00. The van der Waals surface area contributed by atoms with Gasteiger partial charge in [-0.3, -0.25) is 0 Å². The number of rotatable bonds is 2. The molecule has 0 spiro atoms. The van der Waals surface area contributed by atoms with E-state index in [9.17, 15) is 0 Å². The Morgan fingerprint density at radius 2 is 1.67 bits per heavy atom. The third-order valence-corrected chi connectivity index (χ3v) is 3.86. The first kappa shape index (κ1) is 10.0. The molecule has 0 heterocycles. The van der Waals surface area contributed by atoms with E-state index in [2.05, 4.69) is 26.5 Å². The maximum absolute atomic E-state index is 4.14. The average molecular weight is 170 g/mol. The van der Waals surface area contributed by atoms with E-state index in [0.29, 0.717) is 5.41 Å². The van der Waals surface area contributed by atoms with Gasteiger partial charge in [0.05, 0.1) is 6.04 Å². The van der Waals surface area contributed by atoms with Crippen LogP contribution in [0.25, 0.3) is 0 Å². The van der Waals surface area contributed by atoms with Gasteiger partial charge in [-0.25, -0.2) is 0 Å². The van der Waals surface area contributed by atoms with Crippen LogP contribution in [0.1, 0.15) is 52.9 Å². The van der Waals surface area contributed by atoms with E-state index in [1.54, 1.807) is 0 Å². The van der Waals surface area contributed by atoms with Crippen molar-refractivity contribution >= 4 is 0 Å². The van der Waals surface area contributed by atoms with E-state index < -0.39 is 0 Å². The molecule has 0 bridgehead atoms. The highest BCUT2D eigenvalue weighted by Crippen LogP contribution is 2.39. The second kappa shape index (κ2) is 3.78. The Kier molecular flexibility index (Phi) is 3.16. The summed E-state index contributed by atoms with van der Waals surface area (Å²) < 4.78 is 0. The Balaban J connectivity index is 2.44. The molecule has 1 nitrogen and oxygen atoms in total. The third-order valence-electron chi connectivity index (χ3n) is 3.86. The largest absolute Gasteiger partial charge is 0.355 e. The molecule has 1 saturated carbocycles. The van der Waals surface area contributed by atoms with Gasteiger partial charge in [0.15, 0.2) is 0 Å². The van der Waals surface area contributed by atoms with Crippen LogP contribution >= 0.6 is 0 Å². The van der Waals surface area contributed by atoms with E-state index in [1.807, 2.05) is 0 Å². The fourth-order valence-electron chi connectivity index (χ4n) is 2.23. The van der Waals surface area contributed by atoms with Crippen molar-refractivity contribution in [1.29, 1.82) is 0 Å². The Labute approximate surface area is 76.7 Å². The number of hydrogen-bond donors (Lipinski definition) is 1. The molecule has 1 fully saturated rings. The van der Waals surface area contributed by atoms with Crippen LogP contribution in [0.3, 0.4) is 0 Å². The quantitative estimate of drug-likeness (QED) is 0.658. The molecular weight excluding hydrogens is 146 g/mol. The molecule has 1 aliphatic rings. The standard InChI is InChI=1S/C11H23N/c1-4-11(2,3)9-5-7-10(12)8-6-9/h9-10H,4-8,12H2,1-3H3/p+1. The molecule has 0 amide bonds. The van der Waals surface area contributed by atoms with Gasteiger partial charge in [0.2, 0.25) is 0 Å². The molecule has 0 radical (unpaired) electrons. The molecular formula is C11H24N+. The molecule has 0 aromatic heterocycles. The third kappa shape index (κ3) is 2.22. The molecule has 1 heteroatoms. The van der Waals surface area contributed by atoms with Gasteiger partial charge in [0.1, 0.15) is 0 Å². The first-order valence-corrected chi connectivity index (χ1v) is 5.39. The van der Waals surface area contributed by atoms with Crippen molar-refractivity contribution in [3.8, 4) is 0 Å². The monoisotopic (exact) mass is 170 g/mol. The first-order valence-electron chi connectivity index (χ1n) is 5.39. The van der Waals surface area contributed by atoms with Gasteiger partial charge < -0.3 is 5.73 Å². The topological polar surface area (TPSA) is 27.6 Å². The van der Waals surface area contributed by atoms with Gasteiger partial charge in [-0.05, 0) is 37.0 Å². The van der Waals surface area contributed by atoms with Crippen LogP contribution in [-0.4, -0.2) is 6.04 Å². The summed E-state index contributed by atoms with van der Waals surface area (Å²) in [6, 6.07) is 0.744. The van der Waals surface area contributed by atoms with Gasteiger partial charge >= 0.3 is 0 Å². The molecule has 0 unspecified atom stereocenters.